The van der Waals surface area contributed by atoms with Crippen LogP contribution in [0, 0.1) is 11.8 Å². The van der Waals surface area contributed by atoms with Crippen LogP contribution in [-0.4, -0.2) is 18.5 Å². The summed E-state index contributed by atoms with van der Waals surface area (Å²) in [5, 5.41) is 3.53. The van der Waals surface area contributed by atoms with Gasteiger partial charge in [0.15, 0.2) is 0 Å². The summed E-state index contributed by atoms with van der Waals surface area (Å²) in [5.74, 6) is -1.65. The van der Waals surface area contributed by atoms with Gasteiger partial charge >= 0.3 is 0 Å². The molecule has 0 aromatic heterocycles. The summed E-state index contributed by atoms with van der Waals surface area (Å²) in [6.45, 7) is 7.56. The lowest BCUT2D eigenvalue weighted by molar-refractivity contribution is 0.00390. The van der Waals surface area contributed by atoms with Gasteiger partial charge in [0, 0.05) is 18.9 Å². The minimum Gasteiger partial charge on any atom is -0.314 e. The number of hydrogen-bond acceptors (Lipinski definition) is 1. The van der Waals surface area contributed by atoms with Crippen LogP contribution in [0.15, 0.2) is 0 Å². The van der Waals surface area contributed by atoms with Gasteiger partial charge in [-0.2, -0.15) is 0 Å². The molecule has 0 aromatic rings. The molecule has 1 fully saturated rings. The van der Waals surface area contributed by atoms with E-state index in [1.807, 2.05) is 0 Å². The Balaban J connectivity index is 2.34. The van der Waals surface area contributed by atoms with E-state index < -0.39 is 5.92 Å². The van der Waals surface area contributed by atoms with E-state index in [2.05, 4.69) is 26.1 Å². The highest BCUT2D eigenvalue weighted by Crippen LogP contribution is 2.41. The summed E-state index contributed by atoms with van der Waals surface area (Å²) in [6, 6.07) is 0.490. The topological polar surface area (TPSA) is 12.0 Å². The second kappa shape index (κ2) is 6.67. The molecule has 0 bridgehead atoms. The van der Waals surface area contributed by atoms with Gasteiger partial charge in [-0.05, 0) is 44.1 Å². The summed E-state index contributed by atoms with van der Waals surface area (Å²) >= 11 is 0. The van der Waals surface area contributed by atoms with Crippen LogP contribution in [0.4, 0.5) is 8.78 Å². The van der Waals surface area contributed by atoms with Crippen LogP contribution in [0.25, 0.3) is 0 Å². The smallest absolute Gasteiger partial charge is 0.248 e. The standard InChI is InChI=1S/C14H27F2N/c1-4-8-17-13(5-2)11(3)9-12-6-7-14(15,16)10-12/h11-13,17H,4-10H2,1-3H3. The van der Waals surface area contributed by atoms with Gasteiger partial charge in [0.2, 0.25) is 5.92 Å². The molecule has 0 saturated heterocycles. The normalized spacial score (nSPS) is 27.0. The van der Waals surface area contributed by atoms with Crippen LogP contribution in [0.1, 0.15) is 59.3 Å². The fourth-order valence-electron chi connectivity index (χ4n) is 3.01. The Morgan fingerprint density at radius 1 is 1.35 bits per heavy atom. The van der Waals surface area contributed by atoms with Crippen molar-refractivity contribution < 1.29 is 8.78 Å². The van der Waals surface area contributed by atoms with Crippen molar-refractivity contribution in [2.45, 2.75) is 71.3 Å². The van der Waals surface area contributed by atoms with Crippen LogP contribution < -0.4 is 5.32 Å². The van der Waals surface area contributed by atoms with E-state index in [9.17, 15) is 8.78 Å². The van der Waals surface area contributed by atoms with Crippen molar-refractivity contribution in [1.29, 1.82) is 0 Å². The van der Waals surface area contributed by atoms with Gasteiger partial charge in [0.05, 0.1) is 0 Å². The second-order valence-electron chi connectivity index (χ2n) is 5.65. The zero-order chi connectivity index (χ0) is 12.9. The molecule has 0 aromatic carbocycles. The van der Waals surface area contributed by atoms with Gasteiger partial charge in [-0.15, -0.1) is 0 Å². The molecule has 1 N–H and O–H groups in total. The predicted octanol–water partition coefficient (Wildman–Crippen LogP) is 4.23. The molecule has 0 aliphatic heterocycles. The molecule has 1 rings (SSSR count). The van der Waals surface area contributed by atoms with Gasteiger partial charge in [-0.1, -0.05) is 20.8 Å². The van der Waals surface area contributed by atoms with Gasteiger partial charge < -0.3 is 5.32 Å². The highest BCUT2D eigenvalue weighted by molar-refractivity contribution is 4.84. The minimum absolute atomic E-state index is 0.101. The third-order valence-corrected chi connectivity index (χ3v) is 3.99. The van der Waals surface area contributed by atoms with Crippen molar-refractivity contribution in [3.05, 3.63) is 0 Å². The Hall–Kier alpha value is -0.180. The molecule has 0 heterocycles. The van der Waals surface area contributed by atoms with Crippen molar-refractivity contribution in [2.75, 3.05) is 6.54 Å². The Bertz CT molecular complexity index is 218. The maximum Gasteiger partial charge on any atom is 0.248 e. The summed E-state index contributed by atoms with van der Waals surface area (Å²) in [7, 11) is 0. The molecule has 3 heteroatoms. The Morgan fingerprint density at radius 2 is 2.06 bits per heavy atom. The maximum atomic E-state index is 13.1. The van der Waals surface area contributed by atoms with E-state index in [-0.39, 0.29) is 18.8 Å². The van der Waals surface area contributed by atoms with Crippen LogP contribution in [0.5, 0.6) is 0 Å². The number of halogens is 2. The van der Waals surface area contributed by atoms with E-state index in [1.54, 1.807) is 0 Å². The zero-order valence-electron chi connectivity index (χ0n) is 11.4. The molecule has 1 nitrogen and oxygen atoms in total. The van der Waals surface area contributed by atoms with Crippen molar-refractivity contribution in [2.24, 2.45) is 11.8 Å². The Labute approximate surface area is 104 Å². The van der Waals surface area contributed by atoms with Crippen molar-refractivity contribution in [3.8, 4) is 0 Å². The maximum absolute atomic E-state index is 13.1. The molecular weight excluding hydrogens is 220 g/mol. The molecule has 0 radical (unpaired) electrons. The largest absolute Gasteiger partial charge is 0.314 e. The molecule has 102 valence electrons. The summed E-state index contributed by atoms with van der Waals surface area (Å²) in [4.78, 5) is 0. The lowest BCUT2D eigenvalue weighted by atomic mass is 9.88. The minimum atomic E-state index is -2.39. The van der Waals surface area contributed by atoms with E-state index in [4.69, 9.17) is 0 Å². The molecule has 1 aliphatic carbocycles. The first-order chi connectivity index (χ1) is 7.98. The van der Waals surface area contributed by atoms with E-state index in [0.29, 0.717) is 18.4 Å². The van der Waals surface area contributed by atoms with Gasteiger partial charge in [0.25, 0.3) is 0 Å². The van der Waals surface area contributed by atoms with E-state index >= 15 is 0 Å². The first-order valence-corrected chi connectivity index (χ1v) is 7.09. The number of hydrogen-bond donors (Lipinski definition) is 1. The van der Waals surface area contributed by atoms with Crippen LogP contribution in [0.3, 0.4) is 0 Å². The lowest BCUT2D eigenvalue weighted by Gasteiger charge is -2.26. The highest BCUT2D eigenvalue weighted by Gasteiger charge is 2.39. The fraction of sp³-hybridized carbons (Fsp3) is 1.00. The molecule has 1 aliphatic rings. The number of alkyl halides is 2. The summed E-state index contributed by atoms with van der Waals surface area (Å²) in [5.41, 5.74) is 0. The van der Waals surface area contributed by atoms with Crippen molar-refractivity contribution in [3.63, 3.8) is 0 Å². The Morgan fingerprint density at radius 3 is 2.53 bits per heavy atom. The monoisotopic (exact) mass is 247 g/mol. The SMILES string of the molecule is CCCNC(CC)C(C)CC1CCC(F)(F)C1. The average molecular weight is 247 g/mol. The van der Waals surface area contributed by atoms with Crippen molar-refractivity contribution >= 4 is 0 Å². The quantitative estimate of drug-likeness (QED) is 0.710. The van der Waals surface area contributed by atoms with Crippen LogP contribution in [0.2, 0.25) is 0 Å². The first kappa shape index (κ1) is 14.9. The molecule has 0 amide bonds. The summed E-state index contributed by atoms with van der Waals surface area (Å²) in [6.07, 6.45) is 4.09. The van der Waals surface area contributed by atoms with Gasteiger partial charge in [-0.25, -0.2) is 8.78 Å². The predicted molar refractivity (Wildman–Crippen MR) is 68.4 cm³/mol. The molecular formula is C14H27F2N. The average Bonchev–Trinajstić information content (AvgIpc) is 2.59. The van der Waals surface area contributed by atoms with Crippen molar-refractivity contribution in [1.82, 2.24) is 5.32 Å². The second-order valence-corrected chi connectivity index (χ2v) is 5.65. The fourth-order valence-corrected chi connectivity index (χ4v) is 3.01. The van der Waals surface area contributed by atoms with Gasteiger partial charge in [-0.3, -0.25) is 0 Å². The molecule has 1 saturated carbocycles. The number of rotatable bonds is 7. The Kier molecular flexibility index (Phi) is 5.84. The third-order valence-electron chi connectivity index (χ3n) is 3.99. The van der Waals surface area contributed by atoms with Crippen LogP contribution >= 0.6 is 0 Å². The molecule has 3 unspecified atom stereocenters. The highest BCUT2D eigenvalue weighted by atomic mass is 19.3. The molecule has 17 heavy (non-hydrogen) atoms. The van der Waals surface area contributed by atoms with Gasteiger partial charge in [0.1, 0.15) is 0 Å². The first-order valence-electron chi connectivity index (χ1n) is 7.09. The lowest BCUT2D eigenvalue weighted by Crippen LogP contribution is -2.35. The van der Waals surface area contributed by atoms with Crippen LogP contribution in [-0.2, 0) is 0 Å². The van der Waals surface area contributed by atoms with E-state index in [0.717, 1.165) is 25.8 Å². The van der Waals surface area contributed by atoms with E-state index in [1.165, 1.54) is 0 Å². The number of nitrogens with one attached hydrogen (secondary N) is 1. The third kappa shape index (κ3) is 4.90. The zero-order valence-corrected chi connectivity index (χ0v) is 11.4. The molecule has 3 atom stereocenters. The summed E-state index contributed by atoms with van der Waals surface area (Å²) < 4.78 is 26.2. The molecule has 0 spiro atoms.